The molecular weight excluding hydrogens is 260 g/mol. The number of hydrogen-bond donors (Lipinski definition) is 1. The smallest absolute Gasteiger partial charge is 0.150 e. The molecule has 1 N–H and O–H groups in total. The van der Waals surface area contributed by atoms with Crippen molar-refractivity contribution in [1.29, 1.82) is 0 Å². The number of nitrogens with one attached hydrogen (secondary N) is 1. The summed E-state index contributed by atoms with van der Waals surface area (Å²) in [6.07, 6.45) is 8.19. The second-order valence-corrected chi connectivity index (χ2v) is 8.92. The van der Waals surface area contributed by atoms with Crippen LogP contribution < -0.4 is 5.32 Å². The molecule has 0 aromatic carbocycles. The molecule has 1 saturated carbocycles. The van der Waals surface area contributed by atoms with E-state index in [9.17, 15) is 8.42 Å². The summed E-state index contributed by atoms with van der Waals surface area (Å²) >= 11 is 0. The molecule has 2 heterocycles. The molecule has 5 heteroatoms. The lowest BCUT2D eigenvalue weighted by atomic mass is 9.96. The Kier molecular flexibility index (Phi) is 3.89. The van der Waals surface area contributed by atoms with Crippen LogP contribution in [0.1, 0.15) is 44.9 Å². The first kappa shape index (κ1) is 13.8. The second-order valence-electron chi connectivity index (χ2n) is 6.62. The molecule has 0 aromatic rings. The molecule has 110 valence electrons. The minimum atomic E-state index is -2.73. The molecule has 3 aliphatic rings. The summed E-state index contributed by atoms with van der Waals surface area (Å²) < 4.78 is 23.1. The van der Waals surface area contributed by atoms with E-state index in [0.29, 0.717) is 23.1 Å². The predicted molar refractivity (Wildman–Crippen MR) is 77.1 cm³/mol. The highest BCUT2D eigenvalue weighted by molar-refractivity contribution is 7.91. The molecule has 0 radical (unpaired) electrons. The molecule has 4 nitrogen and oxygen atoms in total. The second kappa shape index (κ2) is 5.34. The van der Waals surface area contributed by atoms with E-state index in [1.54, 1.807) is 0 Å². The monoisotopic (exact) mass is 286 g/mol. The van der Waals surface area contributed by atoms with Gasteiger partial charge < -0.3 is 5.32 Å². The molecule has 0 amide bonds. The summed E-state index contributed by atoms with van der Waals surface area (Å²) in [6, 6.07) is 0.501. The average molecular weight is 286 g/mol. The third kappa shape index (κ3) is 3.14. The SMILES string of the molecule is O=S1(=O)CCC(N2CCCNC3(CCCC3)C2)CC1. The number of hydrogen-bond acceptors (Lipinski definition) is 4. The molecular formula is C14H26N2O2S. The quantitative estimate of drug-likeness (QED) is 0.786. The zero-order chi connectivity index (χ0) is 13.3. The van der Waals surface area contributed by atoms with Crippen molar-refractivity contribution in [3.05, 3.63) is 0 Å². The van der Waals surface area contributed by atoms with E-state index in [-0.39, 0.29) is 0 Å². The van der Waals surface area contributed by atoms with Gasteiger partial charge in [-0.2, -0.15) is 0 Å². The van der Waals surface area contributed by atoms with Crippen molar-refractivity contribution >= 4 is 9.84 Å². The van der Waals surface area contributed by atoms with Crippen LogP contribution in [0.25, 0.3) is 0 Å². The van der Waals surface area contributed by atoms with Gasteiger partial charge in [-0.05, 0) is 45.2 Å². The zero-order valence-corrected chi connectivity index (χ0v) is 12.6. The van der Waals surface area contributed by atoms with E-state index < -0.39 is 9.84 Å². The standard InChI is InChI=1S/C14H26N2O2S/c17-19(18)10-4-13(5-11-19)16-9-3-8-15-14(12-16)6-1-2-7-14/h13,15H,1-12H2. The minimum absolute atomic E-state index is 0.340. The van der Waals surface area contributed by atoms with Crippen molar-refractivity contribution in [3.8, 4) is 0 Å². The van der Waals surface area contributed by atoms with Crippen LogP contribution in [-0.2, 0) is 9.84 Å². The Bertz CT molecular complexity index is 401. The fourth-order valence-electron chi connectivity index (χ4n) is 4.10. The van der Waals surface area contributed by atoms with Crippen LogP contribution in [0.5, 0.6) is 0 Å². The lowest BCUT2D eigenvalue weighted by Gasteiger charge is -2.39. The summed E-state index contributed by atoms with van der Waals surface area (Å²) in [6.45, 7) is 3.40. The Labute approximate surface area is 116 Å². The maximum Gasteiger partial charge on any atom is 0.150 e. The Morgan fingerprint density at radius 2 is 1.74 bits per heavy atom. The van der Waals surface area contributed by atoms with Crippen LogP contribution in [0.4, 0.5) is 0 Å². The molecule has 3 rings (SSSR count). The first-order chi connectivity index (χ1) is 9.09. The van der Waals surface area contributed by atoms with E-state index in [1.165, 1.54) is 32.1 Å². The number of rotatable bonds is 1. The highest BCUT2D eigenvalue weighted by atomic mass is 32.2. The van der Waals surface area contributed by atoms with Gasteiger partial charge in [0.15, 0.2) is 0 Å². The van der Waals surface area contributed by atoms with Gasteiger partial charge in [-0.3, -0.25) is 4.90 Å². The molecule has 19 heavy (non-hydrogen) atoms. The van der Waals surface area contributed by atoms with E-state index in [4.69, 9.17) is 0 Å². The van der Waals surface area contributed by atoms with Gasteiger partial charge >= 0.3 is 0 Å². The largest absolute Gasteiger partial charge is 0.310 e. The minimum Gasteiger partial charge on any atom is -0.310 e. The zero-order valence-electron chi connectivity index (χ0n) is 11.7. The van der Waals surface area contributed by atoms with Crippen molar-refractivity contribution in [2.75, 3.05) is 31.1 Å². The molecule has 0 unspecified atom stereocenters. The number of sulfone groups is 1. The summed E-state index contributed by atoms with van der Waals surface area (Å²) in [7, 11) is -2.73. The first-order valence-corrected chi connectivity index (χ1v) is 9.60. The lowest BCUT2D eigenvalue weighted by molar-refractivity contribution is 0.147. The lowest BCUT2D eigenvalue weighted by Crippen LogP contribution is -2.52. The van der Waals surface area contributed by atoms with Crippen LogP contribution in [-0.4, -0.2) is 56.0 Å². The van der Waals surface area contributed by atoms with Crippen LogP contribution >= 0.6 is 0 Å². The van der Waals surface area contributed by atoms with E-state index in [2.05, 4.69) is 10.2 Å². The van der Waals surface area contributed by atoms with Gasteiger partial charge in [-0.1, -0.05) is 12.8 Å². The van der Waals surface area contributed by atoms with Crippen molar-refractivity contribution in [3.63, 3.8) is 0 Å². The summed E-state index contributed by atoms with van der Waals surface area (Å²) in [4.78, 5) is 2.60. The Hall–Kier alpha value is -0.130. The van der Waals surface area contributed by atoms with E-state index >= 15 is 0 Å². The molecule has 0 atom stereocenters. The Morgan fingerprint density at radius 3 is 2.42 bits per heavy atom. The topological polar surface area (TPSA) is 49.4 Å². The fourth-order valence-corrected chi connectivity index (χ4v) is 5.57. The molecule has 3 fully saturated rings. The Balaban J connectivity index is 1.66. The molecule has 2 saturated heterocycles. The van der Waals surface area contributed by atoms with Crippen molar-refractivity contribution in [1.82, 2.24) is 10.2 Å². The molecule has 0 bridgehead atoms. The van der Waals surface area contributed by atoms with Gasteiger partial charge in [0.25, 0.3) is 0 Å². The molecule has 2 aliphatic heterocycles. The van der Waals surface area contributed by atoms with Crippen LogP contribution in [0, 0.1) is 0 Å². The van der Waals surface area contributed by atoms with E-state index in [1.807, 2.05) is 0 Å². The maximum atomic E-state index is 11.6. The summed E-state index contributed by atoms with van der Waals surface area (Å²) in [5.74, 6) is 0.795. The van der Waals surface area contributed by atoms with Gasteiger partial charge in [0, 0.05) is 18.1 Å². The maximum absolute atomic E-state index is 11.6. The number of nitrogens with zero attached hydrogens (tertiary/aromatic N) is 1. The predicted octanol–water partition coefficient (Wildman–Crippen LogP) is 1.17. The Morgan fingerprint density at radius 1 is 1.05 bits per heavy atom. The molecule has 1 aliphatic carbocycles. The normalized spacial score (nSPS) is 32.4. The van der Waals surface area contributed by atoms with Gasteiger partial charge in [0.05, 0.1) is 11.5 Å². The van der Waals surface area contributed by atoms with Crippen LogP contribution in [0.15, 0.2) is 0 Å². The van der Waals surface area contributed by atoms with Crippen LogP contribution in [0.3, 0.4) is 0 Å². The van der Waals surface area contributed by atoms with E-state index in [0.717, 1.165) is 32.5 Å². The summed E-state index contributed by atoms with van der Waals surface area (Å²) in [5.41, 5.74) is 0.340. The molecule has 1 spiro atoms. The average Bonchev–Trinajstić information content (AvgIpc) is 2.71. The third-order valence-corrected chi connectivity index (χ3v) is 6.94. The van der Waals surface area contributed by atoms with Gasteiger partial charge in [-0.15, -0.1) is 0 Å². The van der Waals surface area contributed by atoms with Gasteiger partial charge in [0.1, 0.15) is 9.84 Å². The van der Waals surface area contributed by atoms with Crippen LogP contribution in [0.2, 0.25) is 0 Å². The summed E-state index contributed by atoms with van der Waals surface area (Å²) in [5, 5.41) is 3.78. The van der Waals surface area contributed by atoms with Gasteiger partial charge in [0.2, 0.25) is 0 Å². The van der Waals surface area contributed by atoms with Crippen molar-refractivity contribution in [2.24, 2.45) is 0 Å². The first-order valence-electron chi connectivity index (χ1n) is 7.78. The highest BCUT2D eigenvalue weighted by Gasteiger charge is 2.39. The fraction of sp³-hybridized carbons (Fsp3) is 1.00. The third-order valence-electron chi connectivity index (χ3n) is 5.23. The van der Waals surface area contributed by atoms with Gasteiger partial charge in [-0.25, -0.2) is 8.42 Å². The van der Waals surface area contributed by atoms with Crippen molar-refractivity contribution in [2.45, 2.75) is 56.5 Å². The highest BCUT2D eigenvalue weighted by Crippen LogP contribution is 2.33. The molecule has 0 aromatic heterocycles. The van der Waals surface area contributed by atoms with Crippen molar-refractivity contribution < 1.29 is 8.42 Å².